The monoisotopic (exact) mass is 505 g/mol. The van der Waals surface area contributed by atoms with E-state index in [2.05, 4.69) is 19.2 Å². The molecule has 6 nitrogen and oxygen atoms in total. The van der Waals surface area contributed by atoms with E-state index in [4.69, 9.17) is 13.8 Å². The van der Waals surface area contributed by atoms with Gasteiger partial charge in [0.1, 0.15) is 6.10 Å². The number of nitrogens with one attached hydrogen (secondary N) is 1. The topological polar surface area (TPSA) is 77.0 Å². The smallest absolute Gasteiger partial charge is 0.329 e. The Balaban J connectivity index is 3.63. The lowest BCUT2D eigenvalue weighted by atomic mass is 9.96. The van der Waals surface area contributed by atoms with Crippen molar-refractivity contribution in [1.82, 2.24) is 5.32 Å². The molecule has 0 saturated heterocycles. The van der Waals surface area contributed by atoms with Crippen molar-refractivity contribution in [2.24, 2.45) is 5.92 Å². The number of carbonyl (C=O) groups is 1. The van der Waals surface area contributed by atoms with Crippen LogP contribution in [0.4, 0.5) is 0 Å². The third-order valence-corrected chi connectivity index (χ3v) is 7.20. The number of hydrogen-bond donors (Lipinski definition) is 2. The molecule has 0 spiro atoms. The molecule has 0 radical (unpaired) electrons. The fourth-order valence-corrected chi connectivity index (χ4v) is 4.78. The van der Waals surface area contributed by atoms with Crippen LogP contribution in [0.25, 0.3) is 0 Å². The van der Waals surface area contributed by atoms with Gasteiger partial charge in [-0.2, -0.15) is 0 Å². The van der Waals surface area contributed by atoms with Crippen molar-refractivity contribution in [3.63, 3.8) is 0 Å². The summed E-state index contributed by atoms with van der Waals surface area (Å²) in [6.45, 7) is 6.61. The van der Waals surface area contributed by atoms with Gasteiger partial charge in [-0.1, -0.05) is 104 Å². The molecule has 3 atom stereocenters. The molecule has 34 heavy (non-hydrogen) atoms. The average Bonchev–Trinajstić information content (AvgIpc) is 2.83. The minimum atomic E-state index is -1.91. The van der Waals surface area contributed by atoms with Crippen molar-refractivity contribution in [3.8, 4) is 0 Å². The van der Waals surface area contributed by atoms with E-state index in [1.807, 2.05) is 7.05 Å². The molecule has 3 unspecified atom stereocenters. The molecule has 0 heterocycles. The Kier molecular flexibility index (Phi) is 27.1. The summed E-state index contributed by atoms with van der Waals surface area (Å²) in [5.74, 6) is 0.601. The van der Waals surface area contributed by atoms with Crippen LogP contribution >= 0.6 is 8.60 Å². The van der Waals surface area contributed by atoms with Gasteiger partial charge in [-0.15, -0.1) is 0 Å². The molecule has 0 aromatic rings. The van der Waals surface area contributed by atoms with Crippen molar-refractivity contribution < 1.29 is 23.5 Å². The van der Waals surface area contributed by atoms with Gasteiger partial charge in [-0.25, -0.2) is 0 Å². The maximum absolute atomic E-state index is 10.8. The number of unbranched alkanes of at least 4 members (excludes halogenated alkanes) is 13. The Morgan fingerprint density at radius 3 is 1.94 bits per heavy atom. The lowest BCUT2D eigenvalue weighted by Gasteiger charge is -2.19. The van der Waals surface area contributed by atoms with Crippen molar-refractivity contribution in [3.05, 3.63) is 0 Å². The van der Waals surface area contributed by atoms with Gasteiger partial charge in [0.05, 0.1) is 13.2 Å². The molecule has 204 valence electrons. The van der Waals surface area contributed by atoms with Crippen molar-refractivity contribution in [1.29, 1.82) is 0 Å². The van der Waals surface area contributed by atoms with E-state index in [1.165, 1.54) is 89.9 Å². The summed E-state index contributed by atoms with van der Waals surface area (Å²) >= 11 is 0. The van der Waals surface area contributed by atoms with Gasteiger partial charge in [0, 0.05) is 0 Å². The Hall–Kier alpha value is -0.260. The number of rotatable bonds is 28. The summed E-state index contributed by atoms with van der Waals surface area (Å²) in [6, 6.07) is 0. The normalized spacial score (nSPS) is 14.1. The van der Waals surface area contributed by atoms with Crippen LogP contribution in [-0.2, 0) is 18.6 Å². The Morgan fingerprint density at radius 1 is 0.794 bits per heavy atom. The summed E-state index contributed by atoms with van der Waals surface area (Å²) in [5, 5.41) is 3.08. The predicted molar refractivity (Wildman–Crippen MR) is 144 cm³/mol. The fourth-order valence-electron chi connectivity index (χ4n) is 4.13. The zero-order valence-corrected chi connectivity index (χ0v) is 23.5. The molecule has 0 rings (SSSR count). The molecule has 0 aliphatic carbocycles. The molecule has 0 aliphatic rings. The van der Waals surface area contributed by atoms with Crippen LogP contribution < -0.4 is 5.32 Å². The van der Waals surface area contributed by atoms with Crippen molar-refractivity contribution >= 4 is 15.1 Å². The molecule has 0 aromatic carbocycles. The van der Waals surface area contributed by atoms with Gasteiger partial charge in [-0.3, -0.25) is 4.79 Å². The molecule has 0 amide bonds. The van der Waals surface area contributed by atoms with E-state index in [-0.39, 0.29) is 12.7 Å². The van der Waals surface area contributed by atoms with E-state index >= 15 is 0 Å². The van der Waals surface area contributed by atoms with Crippen LogP contribution in [0.2, 0.25) is 0 Å². The highest BCUT2D eigenvalue weighted by Gasteiger charge is 2.16. The number of hydrogen-bond acceptors (Lipinski definition) is 6. The van der Waals surface area contributed by atoms with Crippen LogP contribution in [0, 0.1) is 5.92 Å². The molecular weight excluding hydrogens is 449 g/mol. The zero-order valence-electron chi connectivity index (χ0n) is 22.6. The lowest BCUT2D eigenvalue weighted by molar-refractivity contribution is -0.135. The molecule has 0 fully saturated rings. The summed E-state index contributed by atoms with van der Waals surface area (Å²) in [7, 11) is 0.00158. The first kappa shape index (κ1) is 33.7. The van der Waals surface area contributed by atoms with Gasteiger partial charge < -0.3 is 24.0 Å². The highest BCUT2D eigenvalue weighted by atomic mass is 31.2. The highest BCUT2D eigenvalue weighted by molar-refractivity contribution is 7.40. The van der Waals surface area contributed by atoms with Crippen LogP contribution in [0.5, 0.6) is 0 Å². The molecule has 0 bridgehead atoms. The van der Waals surface area contributed by atoms with Gasteiger partial charge >= 0.3 is 8.60 Å². The molecule has 0 aromatic heterocycles. The first-order chi connectivity index (χ1) is 16.6. The van der Waals surface area contributed by atoms with Gasteiger partial charge in [-0.05, 0) is 45.2 Å². The van der Waals surface area contributed by atoms with E-state index in [9.17, 15) is 9.69 Å². The van der Waals surface area contributed by atoms with E-state index < -0.39 is 8.60 Å². The predicted octanol–water partition coefficient (Wildman–Crippen LogP) is 7.68. The third kappa shape index (κ3) is 24.9. The lowest BCUT2D eigenvalue weighted by Crippen LogP contribution is -2.19. The fraction of sp³-hybridized carbons (Fsp3) is 0.963. The van der Waals surface area contributed by atoms with E-state index in [0.717, 1.165) is 32.2 Å². The van der Waals surface area contributed by atoms with Crippen LogP contribution in [0.15, 0.2) is 0 Å². The first-order valence-corrected chi connectivity index (χ1v) is 15.3. The van der Waals surface area contributed by atoms with Gasteiger partial charge in [0.25, 0.3) is 6.47 Å². The highest BCUT2D eigenvalue weighted by Crippen LogP contribution is 2.33. The third-order valence-electron chi connectivity index (χ3n) is 6.42. The maximum Gasteiger partial charge on any atom is 0.329 e. The molecule has 0 saturated carbocycles. The van der Waals surface area contributed by atoms with E-state index in [1.54, 1.807) is 0 Å². The molecule has 2 N–H and O–H groups in total. The quantitative estimate of drug-likeness (QED) is 0.0645. The van der Waals surface area contributed by atoms with Crippen LogP contribution in [-0.4, -0.2) is 44.3 Å². The zero-order chi connectivity index (χ0) is 25.1. The van der Waals surface area contributed by atoms with Gasteiger partial charge in [0.2, 0.25) is 0 Å². The second-order valence-electron chi connectivity index (χ2n) is 9.75. The largest absolute Gasteiger partial charge is 0.462 e. The summed E-state index contributed by atoms with van der Waals surface area (Å²) in [4.78, 5) is 20.7. The van der Waals surface area contributed by atoms with Crippen molar-refractivity contribution in [2.45, 2.75) is 136 Å². The summed E-state index contributed by atoms with van der Waals surface area (Å²) < 4.78 is 15.8. The Morgan fingerprint density at radius 2 is 1.38 bits per heavy atom. The second-order valence-corrected chi connectivity index (χ2v) is 10.7. The number of ether oxygens (including phenoxy) is 1. The van der Waals surface area contributed by atoms with Gasteiger partial charge in [0.15, 0.2) is 0 Å². The first-order valence-electron chi connectivity index (χ1n) is 14.1. The summed E-state index contributed by atoms with van der Waals surface area (Å²) in [5.41, 5.74) is 0. The van der Waals surface area contributed by atoms with Crippen LogP contribution in [0.1, 0.15) is 129 Å². The Bertz CT molecular complexity index is 416. The second kappa shape index (κ2) is 27.3. The van der Waals surface area contributed by atoms with E-state index in [0.29, 0.717) is 19.0 Å². The molecule has 0 aliphatic heterocycles. The minimum Gasteiger partial charge on any atom is -0.462 e. The average molecular weight is 506 g/mol. The SMILES string of the molecule is CCCCCCCCCCCCCCCC(C)CCC(COP(O)OCCCCNC)OC=O. The van der Waals surface area contributed by atoms with Crippen molar-refractivity contribution in [2.75, 3.05) is 26.8 Å². The molecule has 7 heteroatoms. The standard InChI is InChI=1S/C27H56NO5P/c1-4-5-6-7-8-9-10-11-12-13-14-15-16-19-26(2)20-21-27(31-25-29)24-33-34(30)32-23-18-17-22-28-3/h25-28,30H,4-24H2,1-3H3. The molecular formula is C27H56NO5P. The summed E-state index contributed by atoms with van der Waals surface area (Å²) in [6.07, 6.45) is 22.5. The maximum atomic E-state index is 10.8. The van der Waals surface area contributed by atoms with Crippen LogP contribution in [0.3, 0.4) is 0 Å². The number of carbonyl (C=O) groups excluding carboxylic acids is 1. The minimum absolute atomic E-state index is 0.183. The Labute approximate surface area is 212 Å².